The molecular formula is C14H19N5OS. The number of thiazole rings is 1. The van der Waals surface area contributed by atoms with Gasteiger partial charge in [-0.25, -0.2) is 4.98 Å². The third-order valence-corrected chi connectivity index (χ3v) is 4.74. The van der Waals surface area contributed by atoms with Crippen LogP contribution >= 0.6 is 11.3 Å². The first kappa shape index (κ1) is 14.1. The number of nitrogen functional groups attached to an aromatic ring is 1. The smallest absolute Gasteiger partial charge is 0.280 e. The lowest BCUT2D eigenvalue weighted by Crippen LogP contribution is -2.14. The molecule has 7 heteroatoms. The van der Waals surface area contributed by atoms with Crippen molar-refractivity contribution in [2.45, 2.75) is 45.4 Å². The fourth-order valence-electron chi connectivity index (χ4n) is 2.56. The number of amides is 1. The number of nitrogens with two attached hydrogens (primary N) is 1. The summed E-state index contributed by atoms with van der Waals surface area (Å²) in [5.41, 5.74) is 8.61. The van der Waals surface area contributed by atoms with Crippen LogP contribution in [0.4, 0.5) is 10.8 Å². The molecule has 2 aromatic rings. The van der Waals surface area contributed by atoms with Gasteiger partial charge in [-0.1, -0.05) is 13.3 Å². The number of rotatable bonds is 4. The maximum absolute atomic E-state index is 12.3. The van der Waals surface area contributed by atoms with E-state index >= 15 is 0 Å². The summed E-state index contributed by atoms with van der Waals surface area (Å²) < 4.78 is 0. The summed E-state index contributed by atoms with van der Waals surface area (Å²) in [6.07, 6.45) is 6.19. The van der Waals surface area contributed by atoms with Crippen LogP contribution in [0.2, 0.25) is 0 Å². The fourth-order valence-corrected chi connectivity index (χ4v) is 3.61. The molecule has 1 aliphatic rings. The predicted molar refractivity (Wildman–Crippen MR) is 83.7 cm³/mol. The summed E-state index contributed by atoms with van der Waals surface area (Å²) in [5, 5.41) is 10.3. The van der Waals surface area contributed by atoms with Gasteiger partial charge in [0.15, 0.2) is 10.8 Å². The van der Waals surface area contributed by atoms with Gasteiger partial charge in [0.1, 0.15) is 0 Å². The monoisotopic (exact) mass is 305 g/mol. The van der Waals surface area contributed by atoms with E-state index in [2.05, 4.69) is 27.4 Å². The van der Waals surface area contributed by atoms with Gasteiger partial charge in [0.2, 0.25) is 0 Å². The average molecular weight is 305 g/mol. The molecule has 0 saturated heterocycles. The molecule has 0 unspecified atom stereocenters. The molecule has 112 valence electrons. The number of carbonyl (C=O) groups excluding carboxylic acids is 1. The highest BCUT2D eigenvalue weighted by Crippen LogP contribution is 2.30. The van der Waals surface area contributed by atoms with Gasteiger partial charge in [-0.2, -0.15) is 5.10 Å². The van der Waals surface area contributed by atoms with Crippen LogP contribution in [-0.4, -0.2) is 21.1 Å². The topological polar surface area (TPSA) is 96.7 Å². The zero-order valence-electron chi connectivity index (χ0n) is 12.0. The second-order valence-electron chi connectivity index (χ2n) is 5.26. The molecule has 2 aromatic heterocycles. The Morgan fingerprint density at radius 2 is 2.24 bits per heavy atom. The molecule has 0 aromatic carbocycles. The van der Waals surface area contributed by atoms with Crippen LogP contribution in [0.5, 0.6) is 0 Å². The second-order valence-corrected chi connectivity index (χ2v) is 6.35. The Kier molecular flexibility index (Phi) is 3.92. The first-order chi connectivity index (χ1) is 10.2. The van der Waals surface area contributed by atoms with Crippen LogP contribution in [0.15, 0.2) is 0 Å². The zero-order valence-corrected chi connectivity index (χ0v) is 12.8. The van der Waals surface area contributed by atoms with Gasteiger partial charge < -0.3 is 5.73 Å². The molecule has 21 heavy (non-hydrogen) atoms. The van der Waals surface area contributed by atoms with E-state index in [4.69, 9.17) is 5.73 Å². The predicted octanol–water partition coefficient (Wildman–Crippen LogP) is 2.53. The number of hydrogen-bond donors (Lipinski definition) is 3. The lowest BCUT2D eigenvalue weighted by molar-refractivity contribution is 0.102. The molecule has 0 bridgehead atoms. The second kappa shape index (κ2) is 5.85. The van der Waals surface area contributed by atoms with E-state index in [-0.39, 0.29) is 11.6 Å². The van der Waals surface area contributed by atoms with Crippen molar-refractivity contribution < 1.29 is 4.79 Å². The largest absolute Gasteiger partial charge is 0.395 e. The number of anilines is 2. The molecule has 4 N–H and O–H groups in total. The summed E-state index contributed by atoms with van der Waals surface area (Å²) in [4.78, 5) is 18.0. The minimum Gasteiger partial charge on any atom is -0.395 e. The molecule has 0 radical (unpaired) electrons. The van der Waals surface area contributed by atoms with E-state index in [0.717, 1.165) is 37.1 Å². The van der Waals surface area contributed by atoms with Crippen LogP contribution in [0, 0.1) is 0 Å². The van der Waals surface area contributed by atoms with Crippen LogP contribution in [0.25, 0.3) is 0 Å². The molecule has 0 spiro atoms. The van der Waals surface area contributed by atoms with Crippen molar-refractivity contribution in [3.05, 3.63) is 22.0 Å². The zero-order chi connectivity index (χ0) is 14.8. The number of nitrogens with one attached hydrogen (secondary N) is 2. The van der Waals surface area contributed by atoms with E-state index in [1.54, 1.807) is 11.3 Å². The number of fused-ring (bicyclic) bond motifs is 1. The van der Waals surface area contributed by atoms with Gasteiger partial charge in [0.05, 0.1) is 17.1 Å². The minimum atomic E-state index is -0.294. The Bertz CT molecular complexity index is 637. The fraction of sp³-hybridized carbons (Fsp3) is 0.500. The molecule has 0 saturated carbocycles. The Labute approximate surface area is 127 Å². The highest BCUT2D eigenvalue weighted by molar-refractivity contribution is 7.15. The van der Waals surface area contributed by atoms with Crippen molar-refractivity contribution in [3.8, 4) is 0 Å². The lowest BCUT2D eigenvalue weighted by Gasteiger charge is -2.06. The van der Waals surface area contributed by atoms with Crippen molar-refractivity contribution in [3.63, 3.8) is 0 Å². The molecule has 1 amide bonds. The molecule has 0 aliphatic heterocycles. The van der Waals surface area contributed by atoms with Crippen LogP contribution in [0.1, 0.15) is 52.9 Å². The first-order valence-corrected chi connectivity index (χ1v) is 8.13. The number of nitrogens with zero attached hydrogens (tertiary/aromatic N) is 2. The van der Waals surface area contributed by atoms with Gasteiger partial charge in [0, 0.05) is 4.88 Å². The maximum Gasteiger partial charge on any atom is 0.280 e. The highest BCUT2D eigenvalue weighted by Gasteiger charge is 2.20. The Hall–Kier alpha value is -1.89. The van der Waals surface area contributed by atoms with Gasteiger partial charge in [0.25, 0.3) is 5.91 Å². The Morgan fingerprint density at radius 3 is 3.00 bits per heavy atom. The molecule has 3 rings (SSSR count). The number of aromatic amines is 1. The molecule has 2 heterocycles. The Morgan fingerprint density at radius 1 is 1.43 bits per heavy atom. The van der Waals surface area contributed by atoms with Gasteiger partial charge >= 0.3 is 0 Å². The number of carbonyl (C=O) groups is 1. The summed E-state index contributed by atoms with van der Waals surface area (Å²) in [5.74, 6) is -0.294. The third-order valence-electron chi connectivity index (χ3n) is 3.66. The van der Waals surface area contributed by atoms with Crippen molar-refractivity contribution in [2.24, 2.45) is 0 Å². The quantitative estimate of drug-likeness (QED) is 0.808. The van der Waals surface area contributed by atoms with Gasteiger partial charge in [-0.05, 0) is 32.1 Å². The van der Waals surface area contributed by atoms with Crippen LogP contribution in [0.3, 0.4) is 0 Å². The average Bonchev–Trinajstić information content (AvgIpc) is 3.03. The van der Waals surface area contributed by atoms with Crippen molar-refractivity contribution in [1.29, 1.82) is 0 Å². The number of H-pyrrole nitrogens is 1. The van der Waals surface area contributed by atoms with Gasteiger partial charge in [-0.15, -0.1) is 11.3 Å². The van der Waals surface area contributed by atoms with Gasteiger partial charge in [-0.3, -0.25) is 15.2 Å². The minimum absolute atomic E-state index is 0.256. The summed E-state index contributed by atoms with van der Waals surface area (Å²) >= 11 is 1.56. The normalized spacial score (nSPS) is 14.0. The maximum atomic E-state index is 12.3. The summed E-state index contributed by atoms with van der Waals surface area (Å²) in [7, 11) is 0. The van der Waals surface area contributed by atoms with Crippen molar-refractivity contribution in [2.75, 3.05) is 11.1 Å². The van der Waals surface area contributed by atoms with Crippen molar-refractivity contribution in [1.82, 2.24) is 15.2 Å². The molecule has 6 nitrogen and oxygen atoms in total. The van der Waals surface area contributed by atoms with Crippen LogP contribution < -0.4 is 11.1 Å². The van der Waals surface area contributed by atoms with E-state index in [9.17, 15) is 4.79 Å². The number of hydrogen-bond acceptors (Lipinski definition) is 5. The third kappa shape index (κ3) is 2.78. The lowest BCUT2D eigenvalue weighted by atomic mass is 10.0. The summed E-state index contributed by atoms with van der Waals surface area (Å²) in [6.45, 7) is 2.06. The SMILES string of the molecule is CCCc1[nH]nc(C(=O)Nc2nc3c(s2)CCCC3)c1N. The molecule has 0 atom stereocenters. The van der Waals surface area contributed by atoms with E-state index in [1.165, 1.54) is 17.7 Å². The molecule has 1 aliphatic carbocycles. The molecule has 0 fully saturated rings. The Balaban J connectivity index is 1.75. The van der Waals surface area contributed by atoms with E-state index in [0.29, 0.717) is 10.8 Å². The van der Waals surface area contributed by atoms with Crippen molar-refractivity contribution >= 4 is 28.1 Å². The standard InChI is InChI=1S/C14H19N5OS/c1-2-5-9-11(15)12(19-18-9)13(20)17-14-16-8-6-3-4-7-10(8)21-14/h2-7,15H2,1H3,(H,18,19)(H,16,17,20). The molecular weight excluding hydrogens is 286 g/mol. The van der Waals surface area contributed by atoms with E-state index < -0.39 is 0 Å². The highest BCUT2D eigenvalue weighted by atomic mass is 32.1. The van der Waals surface area contributed by atoms with Crippen LogP contribution in [-0.2, 0) is 19.3 Å². The number of aryl methyl sites for hydroxylation is 3. The number of aromatic nitrogens is 3. The first-order valence-electron chi connectivity index (χ1n) is 7.31. The summed E-state index contributed by atoms with van der Waals surface area (Å²) in [6, 6.07) is 0. The van der Waals surface area contributed by atoms with E-state index in [1.807, 2.05) is 0 Å².